The van der Waals surface area contributed by atoms with Gasteiger partial charge in [0, 0.05) is 18.5 Å². The molecule has 10 heteroatoms. The van der Waals surface area contributed by atoms with Crippen LogP contribution in [0.5, 0.6) is 11.5 Å². The Morgan fingerprint density at radius 2 is 2.07 bits per heavy atom. The van der Waals surface area contributed by atoms with Gasteiger partial charge in [-0.3, -0.25) is 0 Å². The topological polar surface area (TPSA) is 143 Å². The number of phenols is 1. The van der Waals surface area contributed by atoms with E-state index < -0.39 is 5.97 Å². The summed E-state index contributed by atoms with van der Waals surface area (Å²) in [6.45, 7) is 0.698. The molecule has 3 N–H and O–H groups in total. The van der Waals surface area contributed by atoms with E-state index in [2.05, 4.69) is 25.4 Å². The lowest BCUT2D eigenvalue weighted by Gasteiger charge is -2.04. The van der Waals surface area contributed by atoms with Crippen LogP contribution in [0.25, 0.3) is 11.4 Å². The Kier molecular flexibility index (Phi) is 6.56. The summed E-state index contributed by atoms with van der Waals surface area (Å²) in [5.41, 5.74) is 0.620. The predicted molar refractivity (Wildman–Crippen MR) is 103 cm³/mol. The van der Waals surface area contributed by atoms with Crippen LogP contribution in [0.4, 0.5) is 5.82 Å². The molecule has 0 amide bonds. The highest BCUT2D eigenvalue weighted by atomic mass is 16.5. The second-order valence-electron chi connectivity index (χ2n) is 6.23. The molecule has 0 aliphatic carbocycles. The van der Waals surface area contributed by atoms with Crippen molar-refractivity contribution in [1.82, 2.24) is 20.1 Å². The quantitative estimate of drug-likeness (QED) is 0.435. The zero-order valence-corrected chi connectivity index (χ0v) is 15.8. The molecule has 152 valence electrons. The van der Waals surface area contributed by atoms with Crippen molar-refractivity contribution in [3.8, 4) is 22.9 Å². The van der Waals surface area contributed by atoms with Gasteiger partial charge in [0.2, 0.25) is 11.7 Å². The molecular weight excluding hydrogens is 378 g/mol. The molecule has 0 spiro atoms. The maximum absolute atomic E-state index is 10.7. The third kappa shape index (κ3) is 5.41. The number of ether oxygens (including phenoxy) is 1. The molecule has 0 atom stereocenters. The van der Waals surface area contributed by atoms with Crippen molar-refractivity contribution in [2.45, 2.75) is 25.7 Å². The molecule has 2 heterocycles. The SMILES string of the molecule is COc1cc(-c2noc(CCCCCNc3cnc(C(=O)O)cn3)n2)ccc1O. The van der Waals surface area contributed by atoms with Crippen molar-refractivity contribution in [2.75, 3.05) is 19.0 Å². The van der Waals surface area contributed by atoms with Gasteiger partial charge in [0.25, 0.3) is 0 Å². The van der Waals surface area contributed by atoms with Crippen LogP contribution in [-0.4, -0.2) is 49.9 Å². The van der Waals surface area contributed by atoms with Crippen molar-refractivity contribution in [3.05, 3.63) is 42.2 Å². The Balaban J connectivity index is 1.40. The van der Waals surface area contributed by atoms with Gasteiger partial charge < -0.3 is 24.8 Å². The average Bonchev–Trinajstić information content (AvgIpc) is 3.20. The summed E-state index contributed by atoms with van der Waals surface area (Å²) >= 11 is 0. The first-order valence-corrected chi connectivity index (χ1v) is 9.06. The molecule has 10 nitrogen and oxygen atoms in total. The third-order valence-corrected chi connectivity index (χ3v) is 4.15. The van der Waals surface area contributed by atoms with Crippen LogP contribution in [0.15, 0.2) is 35.1 Å². The first kappa shape index (κ1) is 20.1. The fraction of sp³-hybridized carbons (Fsp3) is 0.316. The monoisotopic (exact) mass is 399 g/mol. The number of aromatic carboxylic acids is 1. The van der Waals surface area contributed by atoms with E-state index in [0.29, 0.717) is 41.8 Å². The summed E-state index contributed by atoms with van der Waals surface area (Å²) in [6, 6.07) is 4.88. The van der Waals surface area contributed by atoms with Gasteiger partial charge in [-0.05, 0) is 31.0 Å². The van der Waals surface area contributed by atoms with Gasteiger partial charge in [-0.15, -0.1) is 0 Å². The minimum atomic E-state index is -1.10. The number of methoxy groups -OCH3 is 1. The molecule has 0 fully saturated rings. The van der Waals surface area contributed by atoms with E-state index in [4.69, 9.17) is 14.4 Å². The van der Waals surface area contributed by atoms with Crippen molar-refractivity contribution in [2.24, 2.45) is 0 Å². The van der Waals surface area contributed by atoms with Crippen LogP contribution >= 0.6 is 0 Å². The zero-order valence-electron chi connectivity index (χ0n) is 15.8. The summed E-state index contributed by atoms with van der Waals surface area (Å²) in [5.74, 6) is 0.846. The van der Waals surface area contributed by atoms with Gasteiger partial charge in [0.05, 0.1) is 19.5 Å². The lowest BCUT2D eigenvalue weighted by atomic mass is 10.2. The van der Waals surface area contributed by atoms with Crippen LogP contribution < -0.4 is 10.1 Å². The number of aromatic nitrogens is 4. The summed E-state index contributed by atoms with van der Waals surface area (Å²) in [7, 11) is 1.48. The Bertz CT molecular complexity index is 958. The predicted octanol–water partition coefficient (Wildman–Crippen LogP) is 2.76. The molecule has 2 aromatic heterocycles. The van der Waals surface area contributed by atoms with Gasteiger partial charge in [0.15, 0.2) is 17.2 Å². The lowest BCUT2D eigenvalue weighted by molar-refractivity contribution is 0.0690. The summed E-state index contributed by atoms with van der Waals surface area (Å²) in [5, 5.41) is 25.5. The van der Waals surface area contributed by atoms with E-state index >= 15 is 0 Å². The molecule has 0 unspecified atom stereocenters. The van der Waals surface area contributed by atoms with E-state index in [0.717, 1.165) is 19.3 Å². The van der Waals surface area contributed by atoms with E-state index in [9.17, 15) is 9.90 Å². The molecule has 0 aliphatic heterocycles. The highest BCUT2D eigenvalue weighted by molar-refractivity contribution is 5.84. The molecule has 0 bridgehead atoms. The van der Waals surface area contributed by atoms with Gasteiger partial charge >= 0.3 is 5.97 Å². The van der Waals surface area contributed by atoms with E-state index in [1.165, 1.54) is 25.6 Å². The van der Waals surface area contributed by atoms with Crippen LogP contribution in [0.2, 0.25) is 0 Å². The Labute approximate surface area is 166 Å². The standard InChI is InChI=1S/C19H21N5O5/c1-28-15-9-12(6-7-14(15)25)18-23-17(29-24-18)5-3-2-4-8-20-16-11-21-13(10-22-16)19(26)27/h6-7,9-11,25H,2-5,8H2,1H3,(H,20,22)(H,26,27). The Hall–Kier alpha value is -3.69. The van der Waals surface area contributed by atoms with Crippen LogP contribution in [0, 0.1) is 0 Å². The van der Waals surface area contributed by atoms with E-state index in [1.54, 1.807) is 12.1 Å². The second-order valence-corrected chi connectivity index (χ2v) is 6.23. The number of anilines is 1. The summed E-state index contributed by atoms with van der Waals surface area (Å²) in [4.78, 5) is 22.9. The number of benzene rings is 1. The Morgan fingerprint density at radius 3 is 2.79 bits per heavy atom. The number of aryl methyl sites for hydroxylation is 1. The fourth-order valence-corrected chi connectivity index (χ4v) is 2.61. The van der Waals surface area contributed by atoms with Crippen molar-refractivity contribution in [1.29, 1.82) is 0 Å². The maximum Gasteiger partial charge on any atom is 0.356 e. The molecule has 1 aromatic carbocycles. The smallest absolute Gasteiger partial charge is 0.356 e. The highest BCUT2D eigenvalue weighted by Crippen LogP contribution is 2.30. The van der Waals surface area contributed by atoms with E-state index in [1.807, 2.05) is 0 Å². The number of phenolic OH excluding ortho intramolecular Hbond substituents is 1. The number of nitrogens with zero attached hydrogens (tertiary/aromatic N) is 4. The fourth-order valence-electron chi connectivity index (χ4n) is 2.61. The number of hydrogen-bond acceptors (Lipinski definition) is 9. The van der Waals surface area contributed by atoms with E-state index in [-0.39, 0.29) is 11.4 Å². The number of aromatic hydroxyl groups is 1. The third-order valence-electron chi connectivity index (χ3n) is 4.15. The molecular formula is C19H21N5O5. The number of nitrogens with one attached hydrogen (secondary N) is 1. The maximum atomic E-state index is 10.7. The second kappa shape index (κ2) is 9.49. The number of carboxylic acid groups (broad SMARTS) is 1. The lowest BCUT2D eigenvalue weighted by Crippen LogP contribution is -2.06. The zero-order chi connectivity index (χ0) is 20.6. The Morgan fingerprint density at radius 1 is 1.21 bits per heavy atom. The van der Waals surface area contributed by atoms with Crippen LogP contribution in [0.3, 0.4) is 0 Å². The highest BCUT2D eigenvalue weighted by Gasteiger charge is 2.11. The summed E-state index contributed by atoms with van der Waals surface area (Å²) in [6.07, 6.45) is 6.02. The molecule has 0 radical (unpaired) electrons. The largest absolute Gasteiger partial charge is 0.504 e. The van der Waals surface area contributed by atoms with Crippen LogP contribution in [-0.2, 0) is 6.42 Å². The number of carboxylic acids is 1. The first-order chi connectivity index (χ1) is 14.1. The first-order valence-electron chi connectivity index (χ1n) is 9.06. The minimum Gasteiger partial charge on any atom is -0.504 e. The van der Waals surface area contributed by atoms with Crippen molar-refractivity contribution in [3.63, 3.8) is 0 Å². The molecule has 3 rings (SSSR count). The summed E-state index contributed by atoms with van der Waals surface area (Å²) < 4.78 is 10.4. The molecule has 0 saturated heterocycles. The van der Waals surface area contributed by atoms with Gasteiger partial charge in [0.1, 0.15) is 5.82 Å². The average molecular weight is 399 g/mol. The van der Waals surface area contributed by atoms with Crippen molar-refractivity contribution >= 4 is 11.8 Å². The normalized spacial score (nSPS) is 10.7. The van der Waals surface area contributed by atoms with Gasteiger partial charge in [-0.25, -0.2) is 14.8 Å². The van der Waals surface area contributed by atoms with Gasteiger partial charge in [-0.2, -0.15) is 4.98 Å². The number of hydrogen-bond donors (Lipinski definition) is 3. The molecule has 3 aromatic rings. The number of unbranched alkanes of at least 4 members (excludes halogenated alkanes) is 2. The molecule has 29 heavy (non-hydrogen) atoms. The van der Waals surface area contributed by atoms with Crippen LogP contribution in [0.1, 0.15) is 35.6 Å². The van der Waals surface area contributed by atoms with Crippen molar-refractivity contribution < 1.29 is 24.3 Å². The number of carbonyl (C=O) groups is 1. The van der Waals surface area contributed by atoms with Gasteiger partial charge in [-0.1, -0.05) is 11.6 Å². The molecule has 0 saturated carbocycles. The molecule has 0 aliphatic rings. The minimum absolute atomic E-state index is 0.0531. The number of rotatable bonds is 10.